The molecule has 14 heteroatoms. The van der Waals surface area contributed by atoms with E-state index >= 15 is 0 Å². The van der Waals surface area contributed by atoms with Crippen molar-refractivity contribution in [3.05, 3.63) is 82.4 Å². The predicted molar refractivity (Wildman–Crippen MR) is 147 cm³/mol. The molecule has 2 aromatic carbocycles. The summed E-state index contributed by atoms with van der Waals surface area (Å²) in [4.78, 5) is 33.7. The number of pyridine rings is 2. The van der Waals surface area contributed by atoms with Crippen molar-refractivity contribution in [1.29, 1.82) is 0 Å². The maximum atomic E-state index is 14.7. The van der Waals surface area contributed by atoms with E-state index in [2.05, 4.69) is 15.3 Å². The Morgan fingerprint density at radius 3 is 2.60 bits per heavy atom. The number of methoxy groups -OCH3 is 1. The third-order valence-electron chi connectivity index (χ3n) is 7.36. The predicted octanol–water partition coefficient (Wildman–Crippen LogP) is 4.41. The Bertz CT molecular complexity index is 1790. The van der Waals surface area contributed by atoms with Crippen molar-refractivity contribution < 1.29 is 41.7 Å². The average molecular weight is 619 g/mol. The number of aromatic nitrogens is 2. The lowest BCUT2D eigenvalue weighted by atomic mass is 9.81. The molecule has 0 bridgehead atoms. The molecule has 0 aliphatic carbocycles. The van der Waals surface area contributed by atoms with Crippen LogP contribution in [0.25, 0.3) is 22.2 Å². The van der Waals surface area contributed by atoms with E-state index in [0.717, 1.165) is 18.2 Å². The number of benzene rings is 2. The normalized spacial score (nSPS) is 17.6. The van der Waals surface area contributed by atoms with Crippen LogP contribution in [0, 0.1) is 5.82 Å². The highest BCUT2D eigenvalue weighted by Crippen LogP contribution is 2.48. The van der Waals surface area contributed by atoms with Crippen molar-refractivity contribution in [1.82, 2.24) is 15.3 Å². The van der Waals surface area contributed by atoms with Gasteiger partial charge in [0.25, 0.3) is 5.91 Å². The van der Waals surface area contributed by atoms with Gasteiger partial charge in [0.15, 0.2) is 0 Å². The van der Waals surface area contributed by atoms with Gasteiger partial charge in [0.2, 0.25) is 11.5 Å². The number of carbonyl (C=O) groups excluding carboxylic acids is 2. The summed E-state index contributed by atoms with van der Waals surface area (Å²) in [6.07, 6.45) is -3.87. The van der Waals surface area contributed by atoms with Gasteiger partial charge < -0.3 is 25.6 Å². The molecule has 224 valence electrons. The fourth-order valence-corrected chi connectivity index (χ4v) is 4.91. The first kappa shape index (κ1) is 30.0. The number of nitrogens with one attached hydrogen (secondary N) is 1. The smallest absolute Gasteiger partial charge is 0.424 e. The Hall–Kier alpha value is -4.49. The number of nitrogens with two attached hydrogens (primary N) is 1. The first-order valence-corrected chi connectivity index (χ1v) is 13.0. The largest absolute Gasteiger partial charge is 0.494 e. The number of aliphatic hydroxyl groups is 1. The molecule has 1 aliphatic heterocycles. The second-order valence-corrected chi connectivity index (χ2v) is 10.5. The van der Waals surface area contributed by atoms with Gasteiger partial charge in [-0.2, -0.15) is 13.2 Å². The van der Waals surface area contributed by atoms with Crippen LogP contribution >= 0.6 is 11.6 Å². The Labute approximate surface area is 246 Å². The van der Waals surface area contributed by atoms with E-state index in [-0.39, 0.29) is 45.5 Å². The zero-order chi connectivity index (χ0) is 31.3. The number of hydrogen-bond acceptors (Lipinski definition) is 7. The van der Waals surface area contributed by atoms with Gasteiger partial charge in [-0.3, -0.25) is 14.6 Å². The summed E-state index contributed by atoms with van der Waals surface area (Å²) < 4.78 is 68.8. The van der Waals surface area contributed by atoms with Gasteiger partial charge in [0.05, 0.1) is 24.4 Å². The number of hydrogen-bond donors (Lipinski definition) is 3. The maximum absolute atomic E-state index is 14.7. The van der Waals surface area contributed by atoms with Crippen LogP contribution in [0.3, 0.4) is 0 Å². The number of carbonyl (C=O) groups is 2. The van der Waals surface area contributed by atoms with Crippen molar-refractivity contribution in [3.8, 4) is 22.8 Å². The molecule has 4 aromatic rings. The highest BCUT2D eigenvalue weighted by molar-refractivity contribution is 6.31. The summed E-state index contributed by atoms with van der Waals surface area (Å²) >= 11 is 5.92. The molecule has 2 amide bonds. The van der Waals surface area contributed by atoms with Crippen LogP contribution in [0.4, 0.5) is 17.6 Å². The molecular formula is C29H23ClF4N4O5. The molecule has 3 heterocycles. The number of primary amides is 1. The van der Waals surface area contributed by atoms with E-state index in [1.54, 1.807) is 12.1 Å². The summed E-state index contributed by atoms with van der Waals surface area (Å²) in [6, 6.07) is 10.1. The lowest BCUT2D eigenvalue weighted by molar-refractivity contribution is -0.265. The number of halogens is 5. The Kier molecular flexibility index (Phi) is 7.43. The third kappa shape index (κ3) is 5.08. The molecular weight excluding hydrogens is 596 g/mol. The molecule has 4 N–H and O–H groups in total. The molecule has 0 saturated carbocycles. The minimum atomic E-state index is -5.38. The van der Waals surface area contributed by atoms with E-state index in [9.17, 15) is 32.3 Å². The van der Waals surface area contributed by atoms with Crippen LogP contribution in [0.15, 0.2) is 54.7 Å². The molecule has 43 heavy (non-hydrogen) atoms. The van der Waals surface area contributed by atoms with Crippen LogP contribution in [0.2, 0.25) is 5.02 Å². The number of nitrogens with zero attached hydrogens (tertiary/aromatic N) is 2. The first-order valence-electron chi connectivity index (χ1n) is 12.6. The van der Waals surface area contributed by atoms with Gasteiger partial charge in [-0.15, -0.1) is 0 Å². The zero-order valence-corrected chi connectivity index (χ0v) is 23.3. The van der Waals surface area contributed by atoms with Crippen molar-refractivity contribution in [2.24, 2.45) is 5.73 Å². The van der Waals surface area contributed by atoms with Gasteiger partial charge in [-0.1, -0.05) is 17.7 Å². The summed E-state index contributed by atoms with van der Waals surface area (Å²) in [5, 5.41) is 13.5. The highest BCUT2D eigenvalue weighted by atomic mass is 35.5. The highest BCUT2D eigenvalue weighted by Gasteiger charge is 2.57. The van der Waals surface area contributed by atoms with Crippen LogP contribution in [-0.2, 0) is 15.8 Å². The minimum absolute atomic E-state index is 0.0450. The Morgan fingerprint density at radius 1 is 1.21 bits per heavy atom. The second-order valence-electron chi connectivity index (χ2n) is 10.1. The van der Waals surface area contributed by atoms with Gasteiger partial charge in [-0.05, 0) is 49.4 Å². The topological polar surface area (TPSA) is 137 Å². The van der Waals surface area contributed by atoms with Crippen molar-refractivity contribution in [2.75, 3.05) is 20.3 Å². The van der Waals surface area contributed by atoms with Gasteiger partial charge in [0, 0.05) is 28.3 Å². The third-order valence-corrected chi connectivity index (χ3v) is 7.65. The Morgan fingerprint density at radius 2 is 1.95 bits per heavy atom. The van der Waals surface area contributed by atoms with Gasteiger partial charge >= 0.3 is 6.18 Å². The van der Waals surface area contributed by atoms with Crippen LogP contribution in [0.1, 0.15) is 28.5 Å². The van der Waals surface area contributed by atoms with E-state index < -0.39 is 47.1 Å². The molecule has 1 aliphatic rings. The molecule has 9 nitrogen and oxygen atoms in total. The van der Waals surface area contributed by atoms with Crippen LogP contribution in [-0.4, -0.2) is 53.3 Å². The summed E-state index contributed by atoms with van der Waals surface area (Å²) in [5.74, 6) is -2.53. The standard InChI is InChI=1S/C29H23ClF4N4O5/c1-27(26(35)40)13-43-24-17(27)11-21(38-23(24)15-5-6-19(31)18(30)9-15)28(41,29(32,33)34)12-37-25(39)16-8-14-4-3-7-36-22(14)20(10-16)42-2/h3-11,41H,12-13H2,1-2H3,(H2,35,40)(H,37,39)/t27-,28-/m0/s1. The average Bonchev–Trinajstić information content (AvgIpc) is 3.33. The number of alkyl halides is 3. The summed E-state index contributed by atoms with van der Waals surface area (Å²) in [5.41, 5.74) is -0.654. The number of fused-ring (bicyclic) bond motifs is 2. The Balaban J connectivity index is 1.61. The SMILES string of the molecule is COc1cc(C(=O)NC[C@](O)(c2cc3c(c(-c4ccc(F)c(Cl)c4)n2)OC[C@]3(C)C(N)=O)C(F)(F)F)cc2cccnc12. The quantitative estimate of drug-likeness (QED) is 0.261. The molecule has 5 rings (SSSR count). The van der Waals surface area contributed by atoms with Crippen LogP contribution in [0.5, 0.6) is 11.5 Å². The van der Waals surface area contributed by atoms with Gasteiger partial charge in [-0.25, -0.2) is 9.37 Å². The fourth-order valence-electron chi connectivity index (χ4n) is 4.73. The summed E-state index contributed by atoms with van der Waals surface area (Å²) in [6.45, 7) is -0.334. The second kappa shape index (κ2) is 10.7. The first-order chi connectivity index (χ1) is 20.2. The number of ether oxygens (including phenoxy) is 2. The number of rotatable bonds is 7. The van der Waals surface area contributed by atoms with Crippen molar-refractivity contribution in [2.45, 2.75) is 24.1 Å². The molecule has 0 spiro atoms. The molecule has 0 unspecified atom stereocenters. The van der Waals surface area contributed by atoms with Crippen LogP contribution < -0.4 is 20.5 Å². The molecule has 0 radical (unpaired) electrons. The van der Waals surface area contributed by atoms with Crippen molar-refractivity contribution >= 4 is 34.3 Å². The zero-order valence-electron chi connectivity index (χ0n) is 22.6. The van der Waals surface area contributed by atoms with E-state index in [1.165, 1.54) is 38.4 Å². The summed E-state index contributed by atoms with van der Waals surface area (Å²) in [7, 11) is 1.35. The minimum Gasteiger partial charge on any atom is -0.494 e. The van der Waals surface area contributed by atoms with E-state index in [4.69, 9.17) is 26.8 Å². The lowest BCUT2D eigenvalue weighted by Crippen LogP contribution is -2.51. The molecule has 2 aromatic heterocycles. The lowest BCUT2D eigenvalue weighted by Gasteiger charge is -2.31. The number of amides is 2. The maximum Gasteiger partial charge on any atom is 0.424 e. The van der Waals surface area contributed by atoms with Gasteiger partial charge in [0.1, 0.15) is 40.5 Å². The molecule has 0 saturated heterocycles. The van der Waals surface area contributed by atoms with E-state index in [1.807, 2.05) is 0 Å². The molecule has 0 fully saturated rings. The fraction of sp³-hybridized carbons (Fsp3) is 0.241. The monoisotopic (exact) mass is 618 g/mol. The van der Waals surface area contributed by atoms with Crippen molar-refractivity contribution in [3.63, 3.8) is 0 Å². The molecule has 2 atom stereocenters. The van der Waals surface area contributed by atoms with E-state index in [0.29, 0.717) is 10.9 Å².